The van der Waals surface area contributed by atoms with Gasteiger partial charge in [0.1, 0.15) is 0 Å². The SMILES string of the molecule is COc1cccn2nc(C3CCNCC3)nc12. The lowest BCUT2D eigenvalue weighted by molar-refractivity contribution is 0.416. The molecule has 0 aliphatic carbocycles. The van der Waals surface area contributed by atoms with Gasteiger partial charge in [0.2, 0.25) is 0 Å². The lowest BCUT2D eigenvalue weighted by atomic mass is 9.98. The topological polar surface area (TPSA) is 51.5 Å². The summed E-state index contributed by atoms with van der Waals surface area (Å²) in [4.78, 5) is 4.61. The molecule has 1 fully saturated rings. The lowest BCUT2D eigenvalue weighted by Crippen LogP contribution is -2.27. The van der Waals surface area contributed by atoms with Crippen molar-refractivity contribution in [2.24, 2.45) is 0 Å². The molecule has 0 radical (unpaired) electrons. The van der Waals surface area contributed by atoms with Crippen LogP contribution >= 0.6 is 0 Å². The molecule has 0 atom stereocenters. The Balaban J connectivity index is 2.00. The largest absolute Gasteiger partial charge is 0.493 e. The van der Waals surface area contributed by atoms with Crippen LogP contribution in [0.2, 0.25) is 0 Å². The number of hydrogen-bond acceptors (Lipinski definition) is 4. The van der Waals surface area contributed by atoms with Crippen LogP contribution < -0.4 is 10.1 Å². The highest BCUT2D eigenvalue weighted by molar-refractivity contribution is 5.52. The van der Waals surface area contributed by atoms with E-state index in [4.69, 9.17) is 4.74 Å². The van der Waals surface area contributed by atoms with E-state index in [1.165, 1.54) is 0 Å². The van der Waals surface area contributed by atoms with Crippen molar-refractivity contribution in [3.05, 3.63) is 24.2 Å². The molecule has 0 spiro atoms. The normalized spacial score (nSPS) is 17.5. The maximum atomic E-state index is 5.29. The molecular formula is C12H16N4O. The standard InChI is InChI=1S/C12H16N4O/c1-17-10-3-2-8-16-12(10)14-11(15-16)9-4-6-13-7-5-9/h2-3,8-9,13H,4-7H2,1H3. The first-order valence-corrected chi connectivity index (χ1v) is 5.98. The number of ether oxygens (including phenoxy) is 1. The minimum Gasteiger partial charge on any atom is -0.493 e. The zero-order chi connectivity index (χ0) is 11.7. The molecule has 0 unspecified atom stereocenters. The molecule has 2 aromatic rings. The van der Waals surface area contributed by atoms with Gasteiger partial charge in [0.05, 0.1) is 7.11 Å². The first kappa shape index (κ1) is 10.5. The fourth-order valence-corrected chi connectivity index (χ4v) is 2.31. The van der Waals surface area contributed by atoms with E-state index in [0.29, 0.717) is 5.92 Å². The van der Waals surface area contributed by atoms with Gasteiger partial charge >= 0.3 is 0 Å². The molecule has 3 heterocycles. The Bertz CT molecular complexity index is 516. The maximum absolute atomic E-state index is 5.29. The first-order chi connectivity index (χ1) is 8.38. The molecule has 3 rings (SSSR count). The van der Waals surface area contributed by atoms with Crippen molar-refractivity contribution in [3.63, 3.8) is 0 Å². The minimum atomic E-state index is 0.473. The van der Waals surface area contributed by atoms with Gasteiger partial charge in [-0.15, -0.1) is 0 Å². The lowest BCUT2D eigenvalue weighted by Gasteiger charge is -2.19. The summed E-state index contributed by atoms with van der Waals surface area (Å²) >= 11 is 0. The van der Waals surface area contributed by atoms with Crippen molar-refractivity contribution in [2.45, 2.75) is 18.8 Å². The van der Waals surface area contributed by atoms with E-state index in [0.717, 1.165) is 43.2 Å². The Morgan fingerprint density at radius 3 is 3.00 bits per heavy atom. The predicted octanol–water partition coefficient (Wildman–Crippen LogP) is 1.20. The van der Waals surface area contributed by atoms with Gasteiger partial charge in [0.15, 0.2) is 17.2 Å². The van der Waals surface area contributed by atoms with Gasteiger partial charge in [0, 0.05) is 12.1 Å². The molecule has 0 aromatic carbocycles. The van der Waals surface area contributed by atoms with Gasteiger partial charge in [-0.2, -0.15) is 5.10 Å². The van der Waals surface area contributed by atoms with Gasteiger partial charge in [0.25, 0.3) is 0 Å². The van der Waals surface area contributed by atoms with E-state index in [1.54, 1.807) is 11.6 Å². The highest BCUT2D eigenvalue weighted by atomic mass is 16.5. The van der Waals surface area contributed by atoms with E-state index in [2.05, 4.69) is 15.4 Å². The summed E-state index contributed by atoms with van der Waals surface area (Å²) in [6.45, 7) is 2.11. The number of piperidine rings is 1. The second-order valence-corrected chi connectivity index (χ2v) is 4.34. The van der Waals surface area contributed by atoms with Crippen LogP contribution in [0, 0.1) is 0 Å². The smallest absolute Gasteiger partial charge is 0.198 e. The molecule has 0 saturated carbocycles. The summed E-state index contributed by atoms with van der Waals surface area (Å²) < 4.78 is 7.09. The van der Waals surface area contributed by atoms with Gasteiger partial charge in [-0.3, -0.25) is 0 Å². The Hall–Kier alpha value is -1.62. The third-order valence-corrected chi connectivity index (χ3v) is 3.27. The van der Waals surface area contributed by atoms with Crippen LogP contribution in [-0.2, 0) is 0 Å². The van der Waals surface area contributed by atoms with Crippen molar-refractivity contribution < 1.29 is 4.74 Å². The van der Waals surface area contributed by atoms with E-state index in [-0.39, 0.29) is 0 Å². The average Bonchev–Trinajstić information content (AvgIpc) is 2.83. The van der Waals surface area contributed by atoms with Crippen molar-refractivity contribution in [3.8, 4) is 5.75 Å². The second-order valence-electron chi connectivity index (χ2n) is 4.34. The van der Waals surface area contributed by atoms with Gasteiger partial charge in [-0.05, 0) is 38.1 Å². The van der Waals surface area contributed by atoms with E-state index < -0.39 is 0 Å². The van der Waals surface area contributed by atoms with Crippen molar-refractivity contribution in [2.75, 3.05) is 20.2 Å². The molecule has 1 saturated heterocycles. The molecule has 90 valence electrons. The molecule has 0 amide bonds. The highest BCUT2D eigenvalue weighted by Crippen LogP contribution is 2.25. The van der Waals surface area contributed by atoms with E-state index in [9.17, 15) is 0 Å². The molecule has 0 bridgehead atoms. The molecule has 1 aliphatic heterocycles. The summed E-state index contributed by atoms with van der Waals surface area (Å²) in [7, 11) is 1.66. The summed E-state index contributed by atoms with van der Waals surface area (Å²) in [5.41, 5.74) is 0.809. The number of fused-ring (bicyclic) bond motifs is 1. The highest BCUT2D eigenvalue weighted by Gasteiger charge is 2.20. The van der Waals surface area contributed by atoms with Crippen LogP contribution in [0.25, 0.3) is 5.65 Å². The Morgan fingerprint density at radius 1 is 1.41 bits per heavy atom. The zero-order valence-electron chi connectivity index (χ0n) is 9.89. The van der Waals surface area contributed by atoms with Gasteiger partial charge in [-0.1, -0.05) is 0 Å². The van der Waals surface area contributed by atoms with Gasteiger partial charge in [-0.25, -0.2) is 9.50 Å². The predicted molar refractivity (Wildman–Crippen MR) is 64.4 cm³/mol. The third kappa shape index (κ3) is 1.86. The van der Waals surface area contributed by atoms with Crippen LogP contribution in [0.3, 0.4) is 0 Å². The molecule has 17 heavy (non-hydrogen) atoms. The summed E-state index contributed by atoms with van der Waals surface area (Å²) in [6.07, 6.45) is 4.13. The first-order valence-electron chi connectivity index (χ1n) is 5.98. The fourth-order valence-electron chi connectivity index (χ4n) is 2.31. The quantitative estimate of drug-likeness (QED) is 0.845. The van der Waals surface area contributed by atoms with Crippen LogP contribution in [0.1, 0.15) is 24.6 Å². The van der Waals surface area contributed by atoms with Gasteiger partial charge < -0.3 is 10.1 Å². The minimum absolute atomic E-state index is 0.473. The average molecular weight is 232 g/mol. The zero-order valence-corrected chi connectivity index (χ0v) is 9.89. The molecular weight excluding hydrogens is 216 g/mol. The number of methoxy groups -OCH3 is 1. The molecule has 5 nitrogen and oxygen atoms in total. The summed E-state index contributed by atoms with van der Waals surface area (Å²) in [5.74, 6) is 2.19. The van der Waals surface area contributed by atoms with Crippen molar-refractivity contribution in [1.82, 2.24) is 19.9 Å². The second kappa shape index (κ2) is 4.33. The number of hydrogen-bond donors (Lipinski definition) is 1. The summed E-state index contributed by atoms with van der Waals surface area (Å²) in [5, 5.41) is 7.90. The Labute approximate surface area is 99.8 Å². The van der Waals surface area contributed by atoms with Crippen LogP contribution in [-0.4, -0.2) is 34.8 Å². The molecule has 1 aliphatic rings. The molecule has 2 aromatic heterocycles. The number of nitrogens with one attached hydrogen (secondary N) is 1. The number of pyridine rings is 1. The van der Waals surface area contributed by atoms with E-state index >= 15 is 0 Å². The van der Waals surface area contributed by atoms with Crippen LogP contribution in [0.15, 0.2) is 18.3 Å². The van der Waals surface area contributed by atoms with Crippen molar-refractivity contribution >= 4 is 5.65 Å². The Morgan fingerprint density at radius 2 is 2.24 bits per heavy atom. The van der Waals surface area contributed by atoms with Crippen LogP contribution in [0.4, 0.5) is 0 Å². The fraction of sp³-hybridized carbons (Fsp3) is 0.500. The van der Waals surface area contributed by atoms with Crippen LogP contribution in [0.5, 0.6) is 5.75 Å². The van der Waals surface area contributed by atoms with Crippen molar-refractivity contribution in [1.29, 1.82) is 0 Å². The molecule has 5 heteroatoms. The third-order valence-electron chi connectivity index (χ3n) is 3.27. The maximum Gasteiger partial charge on any atom is 0.198 e. The number of rotatable bonds is 2. The number of nitrogens with zero attached hydrogens (tertiary/aromatic N) is 3. The monoisotopic (exact) mass is 232 g/mol. The molecule has 1 N–H and O–H groups in total. The Kier molecular flexibility index (Phi) is 2.68. The summed E-state index contributed by atoms with van der Waals surface area (Å²) in [6, 6.07) is 3.84. The van der Waals surface area contributed by atoms with E-state index in [1.807, 2.05) is 18.3 Å². The number of aromatic nitrogens is 3.